The van der Waals surface area contributed by atoms with Crippen LogP contribution in [0.5, 0.6) is 17.2 Å². The fraction of sp³-hybridized carbons (Fsp3) is 0.146. The maximum atomic E-state index is 12.5. The molecule has 5 rings (SSSR count). The summed E-state index contributed by atoms with van der Waals surface area (Å²) in [4.78, 5) is 35.2. The highest BCUT2D eigenvalue weighted by atomic mass is 16.5. The first-order valence-electron chi connectivity index (χ1n) is 18.5. The third-order valence-electron chi connectivity index (χ3n) is 8.58. The lowest BCUT2D eigenvalue weighted by Gasteiger charge is -2.07. The Morgan fingerprint density at radius 2 is 0.965 bits per heavy atom. The number of carbonyl (C=O) groups excluding carboxylic acids is 3. The van der Waals surface area contributed by atoms with Gasteiger partial charge in [0.2, 0.25) is 0 Å². The summed E-state index contributed by atoms with van der Waals surface area (Å²) in [5.74, 6) is 0.333. The molecule has 0 saturated heterocycles. The molecule has 0 aliphatic heterocycles. The Bertz CT molecular complexity index is 2250. The Balaban J connectivity index is 1.08. The van der Waals surface area contributed by atoms with E-state index in [9.17, 15) is 14.4 Å². The molecule has 0 unspecified atom stereocenters. The number of nitrogens with zero attached hydrogens (tertiary/aromatic N) is 2. The Labute approximate surface area is 333 Å². The largest absolute Gasteiger partial charge is 0.494 e. The second-order valence-corrected chi connectivity index (χ2v) is 12.7. The smallest absolute Gasteiger partial charge is 0.336 e. The van der Waals surface area contributed by atoms with Crippen molar-refractivity contribution >= 4 is 35.4 Å². The molecule has 0 fully saturated rings. The zero-order valence-corrected chi connectivity index (χ0v) is 32.2. The minimum Gasteiger partial charge on any atom is -0.494 e. The van der Waals surface area contributed by atoms with Crippen molar-refractivity contribution in [2.75, 3.05) is 13.2 Å². The molecule has 0 spiro atoms. The van der Waals surface area contributed by atoms with Gasteiger partial charge in [-0.2, -0.15) is 10.2 Å². The minimum absolute atomic E-state index is 0.333. The molecule has 0 aliphatic carbocycles. The van der Waals surface area contributed by atoms with Gasteiger partial charge in [0.05, 0.1) is 24.6 Å². The van der Waals surface area contributed by atoms with Gasteiger partial charge in [0.1, 0.15) is 17.2 Å². The molecule has 0 saturated carbocycles. The summed E-state index contributed by atoms with van der Waals surface area (Å²) in [5, 5.41) is 8.97. The third-order valence-corrected chi connectivity index (χ3v) is 8.58. The molecule has 0 amide bonds. The van der Waals surface area contributed by atoms with Crippen molar-refractivity contribution in [3.05, 3.63) is 169 Å². The monoisotopic (exact) mass is 760 g/mol. The summed E-state index contributed by atoms with van der Waals surface area (Å²) < 4.78 is 21.4. The van der Waals surface area contributed by atoms with Crippen LogP contribution in [0.1, 0.15) is 50.3 Å². The van der Waals surface area contributed by atoms with E-state index in [2.05, 4.69) is 16.8 Å². The highest BCUT2D eigenvalue weighted by molar-refractivity contribution is 6.02. The number of hydrogen-bond acceptors (Lipinski definition) is 9. The molecular formula is C48H44N2O7. The summed E-state index contributed by atoms with van der Waals surface area (Å²) in [5.41, 5.74) is 8.33. The van der Waals surface area contributed by atoms with E-state index in [4.69, 9.17) is 18.9 Å². The van der Waals surface area contributed by atoms with Gasteiger partial charge in [0.15, 0.2) is 0 Å². The lowest BCUT2D eigenvalue weighted by atomic mass is 10.0. The molecule has 5 aromatic rings. The van der Waals surface area contributed by atoms with Crippen molar-refractivity contribution < 1.29 is 33.3 Å². The summed E-state index contributed by atoms with van der Waals surface area (Å²) in [6.45, 7) is 9.81. The highest BCUT2D eigenvalue weighted by Gasteiger charge is 2.07. The Kier molecular flexibility index (Phi) is 15.2. The van der Waals surface area contributed by atoms with Gasteiger partial charge in [-0.15, -0.1) is 0 Å². The molecule has 0 radical (unpaired) electrons. The van der Waals surface area contributed by atoms with Gasteiger partial charge >= 0.3 is 17.9 Å². The number of allylic oxidation sites excluding steroid dienone is 1. The molecule has 0 atom stereocenters. The SMILES string of the molecule is C=CC(=O)OCCCCOc1ccc(C=CC(=O)Oc2ccc(-c3ccc(C(C)=NN=C(C)c4ccc(-c5ccc(OC(=O)C=CC)cc5)cc4)cc3)cc2)cc1. The number of carbonyl (C=O) groups is 3. The second-order valence-electron chi connectivity index (χ2n) is 12.7. The van der Waals surface area contributed by atoms with Crippen molar-refractivity contribution in [3.63, 3.8) is 0 Å². The van der Waals surface area contributed by atoms with Crippen LogP contribution in [-0.4, -0.2) is 42.5 Å². The van der Waals surface area contributed by atoms with Crippen molar-refractivity contribution in [3.8, 4) is 39.5 Å². The van der Waals surface area contributed by atoms with Crippen LogP contribution < -0.4 is 14.2 Å². The average molecular weight is 761 g/mol. The van der Waals surface area contributed by atoms with E-state index < -0.39 is 17.9 Å². The first-order valence-corrected chi connectivity index (χ1v) is 18.5. The molecule has 288 valence electrons. The normalized spacial score (nSPS) is 11.7. The predicted octanol–water partition coefficient (Wildman–Crippen LogP) is 10.2. The number of rotatable bonds is 17. The van der Waals surface area contributed by atoms with E-state index in [0.29, 0.717) is 36.9 Å². The first kappa shape index (κ1) is 41.0. The van der Waals surface area contributed by atoms with E-state index in [0.717, 1.165) is 62.9 Å². The molecular weight excluding hydrogens is 717 g/mol. The molecule has 9 nitrogen and oxygen atoms in total. The molecule has 0 N–H and O–H groups in total. The summed E-state index contributed by atoms with van der Waals surface area (Å²) >= 11 is 0. The van der Waals surface area contributed by atoms with Gasteiger partial charge in [0.25, 0.3) is 0 Å². The van der Waals surface area contributed by atoms with Gasteiger partial charge in [0, 0.05) is 18.2 Å². The standard InChI is InChI=1S/C48H44N2O7/c1-5-9-47(52)56-44-27-21-41(22-28-44)39-17-13-37(14-18-39)34(3)49-50-35(4)38-15-19-40(20-16-38)42-23-29-45(30-24-42)57-48(53)31-12-36-10-25-43(26-11-36)54-32-7-8-33-55-46(51)6-2/h5-6,9-31H,2,7-8,32-33H2,1,3-4H3. The summed E-state index contributed by atoms with van der Waals surface area (Å²) in [6.07, 6.45) is 8.68. The zero-order chi connectivity index (χ0) is 40.4. The summed E-state index contributed by atoms with van der Waals surface area (Å²) in [7, 11) is 0. The fourth-order valence-corrected chi connectivity index (χ4v) is 5.41. The fourth-order valence-electron chi connectivity index (χ4n) is 5.41. The average Bonchev–Trinajstić information content (AvgIpc) is 3.24. The van der Waals surface area contributed by atoms with Crippen LogP contribution in [-0.2, 0) is 19.1 Å². The topological polar surface area (TPSA) is 113 Å². The zero-order valence-electron chi connectivity index (χ0n) is 32.2. The van der Waals surface area contributed by atoms with Gasteiger partial charge in [-0.25, -0.2) is 14.4 Å². The molecule has 9 heteroatoms. The minimum atomic E-state index is -0.484. The maximum Gasteiger partial charge on any atom is 0.336 e. The lowest BCUT2D eigenvalue weighted by Crippen LogP contribution is -2.04. The maximum absolute atomic E-state index is 12.5. The number of hydrogen-bond donors (Lipinski definition) is 0. The Morgan fingerprint density at radius 1 is 0.544 bits per heavy atom. The van der Waals surface area contributed by atoms with Gasteiger partial charge < -0.3 is 18.9 Å². The Morgan fingerprint density at radius 3 is 1.42 bits per heavy atom. The van der Waals surface area contributed by atoms with Crippen LogP contribution in [0.4, 0.5) is 0 Å². The summed E-state index contributed by atoms with van der Waals surface area (Å²) in [6, 6.07) is 38.2. The van der Waals surface area contributed by atoms with Gasteiger partial charge in [-0.05, 0) is 115 Å². The van der Waals surface area contributed by atoms with Gasteiger partial charge in [-0.1, -0.05) is 97.6 Å². The molecule has 0 bridgehead atoms. The van der Waals surface area contributed by atoms with Crippen molar-refractivity contribution in [1.82, 2.24) is 0 Å². The van der Waals surface area contributed by atoms with Crippen LogP contribution >= 0.6 is 0 Å². The van der Waals surface area contributed by atoms with Crippen LogP contribution in [0.25, 0.3) is 28.3 Å². The number of benzene rings is 5. The van der Waals surface area contributed by atoms with Crippen molar-refractivity contribution in [2.24, 2.45) is 10.2 Å². The van der Waals surface area contributed by atoms with Crippen LogP contribution in [0.2, 0.25) is 0 Å². The van der Waals surface area contributed by atoms with Crippen LogP contribution in [0.3, 0.4) is 0 Å². The molecule has 0 aliphatic rings. The highest BCUT2D eigenvalue weighted by Crippen LogP contribution is 2.25. The molecule has 57 heavy (non-hydrogen) atoms. The van der Waals surface area contributed by atoms with Crippen molar-refractivity contribution in [1.29, 1.82) is 0 Å². The predicted molar refractivity (Wildman–Crippen MR) is 226 cm³/mol. The quantitative estimate of drug-likeness (QED) is 0.0232. The van der Waals surface area contributed by atoms with E-state index in [-0.39, 0.29) is 0 Å². The molecule has 0 aromatic heterocycles. The first-order chi connectivity index (χ1) is 27.7. The second kappa shape index (κ2) is 21.1. The van der Waals surface area contributed by atoms with E-state index >= 15 is 0 Å². The number of esters is 3. The third kappa shape index (κ3) is 13.0. The van der Waals surface area contributed by atoms with E-state index in [1.54, 1.807) is 43.3 Å². The Hall–Kier alpha value is -7.13. The van der Waals surface area contributed by atoms with Gasteiger partial charge in [-0.3, -0.25) is 0 Å². The molecule has 0 heterocycles. The number of unbranched alkanes of at least 4 members (excludes halogenated alkanes) is 1. The van der Waals surface area contributed by atoms with Crippen molar-refractivity contribution in [2.45, 2.75) is 33.6 Å². The number of ether oxygens (including phenoxy) is 4. The lowest BCUT2D eigenvalue weighted by molar-refractivity contribution is -0.138. The van der Waals surface area contributed by atoms with Crippen LogP contribution in [0.15, 0.2) is 162 Å². The van der Waals surface area contributed by atoms with Crippen LogP contribution in [0, 0.1) is 0 Å². The van der Waals surface area contributed by atoms with E-state index in [1.165, 1.54) is 12.2 Å². The van der Waals surface area contributed by atoms with E-state index in [1.807, 2.05) is 111 Å². The molecule has 5 aromatic carbocycles.